The summed E-state index contributed by atoms with van der Waals surface area (Å²) in [4.78, 5) is 0. The molecule has 21 heavy (non-hydrogen) atoms. The molecule has 1 heterocycles. The molecule has 1 aromatic heterocycles. The zero-order chi connectivity index (χ0) is 14.9. The SMILES string of the molecule is C=CCCCCCn1cc(CCCNC)c2ccccc21. The second-order valence-corrected chi connectivity index (χ2v) is 5.71. The van der Waals surface area contributed by atoms with Crippen molar-refractivity contribution in [3.05, 3.63) is 48.7 Å². The molecule has 2 heteroatoms. The van der Waals surface area contributed by atoms with Crippen LogP contribution >= 0.6 is 0 Å². The molecule has 0 unspecified atom stereocenters. The Bertz CT molecular complexity index is 554. The zero-order valence-corrected chi connectivity index (χ0v) is 13.3. The van der Waals surface area contributed by atoms with Gasteiger partial charge in [-0.1, -0.05) is 30.7 Å². The lowest BCUT2D eigenvalue weighted by Gasteiger charge is -2.04. The highest BCUT2D eigenvalue weighted by atomic mass is 15.0. The second-order valence-electron chi connectivity index (χ2n) is 5.71. The molecule has 0 fully saturated rings. The minimum atomic E-state index is 1.08. The van der Waals surface area contributed by atoms with Gasteiger partial charge in [0.15, 0.2) is 0 Å². The highest BCUT2D eigenvalue weighted by Gasteiger charge is 2.07. The van der Waals surface area contributed by atoms with E-state index in [1.165, 1.54) is 42.1 Å². The third kappa shape index (κ3) is 4.47. The quantitative estimate of drug-likeness (QED) is 0.500. The van der Waals surface area contributed by atoms with E-state index in [9.17, 15) is 0 Å². The first-order chi connectivity index (χ1) is 10.4. The summed E-state index contributed by atoms with van der Waals surface area (Å²) in [6.45, 7) is 6.00. The first-order valence-corrected chi connectivity index (χ1v) is 8.19. The molecule has 0 aliphatic carbocycles. The van der Waals surface area contributed by atoms with Crippen LogP contribution in [-0.4, -0.2) is 18.2 Å². The van der Waals surface area contributed by atoms with Gasteiger partial charge in [0.25, 0.3) is 0 Å². The minimum absolute atomic E-state index is 1.08. The van der Waals surface area contributed by atoms with Crippen molar-refractivity contribution in [1.29, 1.82) is 0 Å². The number of benzene rings is 1. The largest absolute Gasteiger partial charge is 0.347 e. The van der Waals surface area contributed by atoms with Crippen LogP contribution in [0.15, 0.2) is 43.1 Å². The number of fused-ring (bicyclic) bond motifs is 1. The minimum Gasteiger partial charge on any atom is -0.347 e. The number of allylic oxidation sites excluding steroid dienone is 1. The fourth-order valence-corrected chi connectivity index (χ4v) is 2.91. The molecule has 0 saturated heterocycles. The van der Waals surface area contributed by atoms with E-state index in [0.29, 0.717) is 0 Å². The van der Waals surface area contributed by atoms with Crippen molar-refractivity contribution in [2.24, 2.45) is 0 Å². The standard InChI is InChI=1S/C19H28N2/c1-3-4-5-6-9-15-21-16-17(11-10-14-20-2)18-12-7-8-13-19(18)21/h3,7-8,12-13,16,20H,1,4-6,9-11,14-15H2,2H3. The molecular formula is C19H28N2. The number of hydrogen-bond donors (Lipinski definition) is 1. The average Bonchev–Trinajstić information content (AvgIpc) is 2.86. The predicted octanol–water partition coefficient (Wildman–Crippen LogP) is 4.54. The van der Waals surface area contributed by atoms with Gasteiger partial charge in [0.05, 0.1) is 0 Å². The van der Waals surface area contributed by atoms with Crippen molar-refractivity contribution in [3.8, 4) is 0 Å². The van der Waals surface area contributed by atoms with Crippen LogP contribution in [0.1, 0.15) is 37.7 Å². The second kappa shape index (κ2) is 8.68. The Hall–Kier alpha value is -1.54. The van der Waals surface area contributed by atoms with E-state index in [1.54, 1.807) is 0 Å². The lowest BCUT2D eigenvalue weighted by molar-refractivity contribution is 0.601. The number of aromatic nitrogens is 1. The lowest BCUT2D eigenvalue weighted by atomic mass is 10.1. The Morgan fingerprint density at radius 2 is 2.00 bits per heavy atom. The van der Waals surface area contributed by atoms with Crippen LogP contribution < -0.4 is 5.32 Å². The molecule has 2 nitrogen and oxygen atoms in total. The highest BCUT2D eigenvalue weighted by molar-refractivity contribution is 5.83. The molecule has 114 valence electrons. The van der Waals surface area contributed by atoms with Gasteiger partial charge in [-0.25, -0.2) is 0 Å². The average molecular weight is 284 g/mol. The smallest absolute Gasteiger partial charge is 0.0483 e. The van der Waals surface area contributed by atoms with E-state index in [0.717, 1.165) is 25.9 Å². The van der Waals surface area contributed by atoms with Gasteiger partial charge in [-0.15, -0.1) is 6.58 Å². The van der Waals surface area contributed by atoms with Crippen LogP contribution in [0.4, 0.5) is 0 Å². The fourth-order valence-electron chi connectivity index (χ4n) is 2.91. The van der Waals surface area contributed by atoms with E-state index in [-0.39, 0.29) is 0 Å². The molecule has 2 rings (SSSR count). The fraction of sp³-hybridized carbons (Fsp3) is 0.474. The van der Waals surface area contributed by atoms with Gasteiger partial charge in [-0.3, -0.25) is 0 Å². The monoisotopic (exact) mass is 284 g/mol. The third-order valence-electron chi connectivity index (χ3n) is 4.05. The van der Waals surface area contributed by atoms with Crippen LogP contribution in [0.2, 0.25) is 0 Å². The Morgan fingerprint density at radius 3 is 2.81 bits per heavy atom. The summed E-state index contributed by atoms with van der Waals surface area (Å²) in [5, 5.41) is 4.66. The number of hydrogen-bond acceptors (Lipinski definition) is 1. The van der Waals surface area contributed by atoms with Crippen molar-refractivity contribution < 1.29 is 0 Å². The molecule has 0 amide bonds. The third-order valence-corrected chi connectivity index (χ3v) is 4.05. The van der Waals surface area contributed by atoms with E-state index in [4.69, 9.17) is 0 Å². The van der Waals surface area contributed by atoms with E-state index < -0.39 is 0 Å². The molecule has 0 spiro atoms. The highest BCUT2D eigenvalue weighted by Crippen LogP contribution is 2.23. The number of aryl methyl sites for hydroxylation is 2. The maximum atomic E-state index is 3.79. The van der Waals surface area contributed by atoms with Gasteiger partial charge in [-0.2, -0.15) is 0 Å². The molecule has 2 aromatic rings. The Morgan fingerprint density at radius 1 is 1.14 bits per heavy atom. The van der Waals surface area contributed by atoms with Gasteiger partial charge in [0, 0.05) is 23.6 Å². The van der Waals surface area contributed by atoms with Crippen LogP contribution in [-0.2, 0) is 13.0 Å². The topological polar surface area (TPSA) is 17.0 Å². The molecule has 0 aliphatic rings. The van der Waals surface area contributed by atoms with Crippen LogP contribution in [0.5, 0.6) is 0 Å². The maximum absolute atomic E-state index is 3.79. The molecule has 0 saturated carbocycles. The summed E-state index contributed by atoms with van der Waals surface area (Å²) in [7, 11) is 2.02. The molecule has 0 bridgehead atoms. The van der Waals surface area contributed by atoms with E-state index in [2.05, 4.69) is 46.9 Å². The molecule has 0 radical (unpaired) electrons. The molecule has 1 N–H and O–H groups in total. The van der Waals surface area contributed by atoms with Gasteiger partial charge in [0.2, 0.25) is 0 Å². The summed E-state index contributed by atoms with van der Waals surface area (Å²) in [6.07, 6.45) is 11.7. The Balaban J connectivity index is 2.02. The summed E-state index contributed by atoms with van der Waals surface area (Å²) in [6, 6.07) is 8.81. The van der Waals surface area contributed by atoms with Crippen LogP contribution in [0, 0.1) is 0 Å². The molecule has 0 aliphatic heterocycles. The number of para-hydroxylation sites is 1. The van der Waals surface area contributed by atoms with Crippen molar-refractivity contribution >= 4 is 10.9 Å². The first-order valence-electron chi connectivity index (χ1n) is 8.19. The van der Waals surface area contributed by atoms with Crippen molar-refractivity contribution in [2.75, 3.05) is 13.6 Å². The van der Waals surface area contributed by atoms with Gasteiger partial charge >= 0.3 is 0 Å². The molecular weight excluding hydrogens is 256 g/mol. The summed E-state index contributed by atoms with van der Waals surface area (Å²) < 4.78 is 2.44. The summed E-state index contributed by atoms with van der Waals surface area (Å²) in [5.41, 5.74) is 2.88. The van der Waals surface area contributed by atoms with Crippen molar-refractivity contribution in [1.82, 2.24) is 9.88 Å². The van der Waals surface area contributed by atoms with Crippen LogP contribution in [0.3, 0.4) is 0 Å². The number of unbranched alkanes of at least 4 members (excludes halogenated alkanes) is 3. The van der Waals surface area contributed by atoms with Gasteiger partial charge < -0.3 is 9.88 Å². The maximum Gasteiger partial charge on any atom is 0.0483 e. The Kier molecular flexibility index (Phi) is 6.55. The summed E-state index contributed by atoms with van der Waals surface area (Å²) in [5.74, 6) is 0. The molecule has 1 aromatic carbocycles. The van der Waals surface area contributed by atoms with Crippen LogP contribution in [0.25, 0.3) is 10.9 Å². The Labute approximate surface area is 128 Å². The lowest BCUT2D eigenvalue weighted by Crippen LogP contribution is -2.08. The number of nitrogens with zero attached hydrogens (tertiary/aromatic N) is 1. The van der Waals surface area contributed by atoms with Gasteiger partial charge in [-0.05, 0) is 57.3 Å². The number of rotatable bonds is 10. The van der Waals surface area contributed by atoms with Crippen molar-refractivity contribution in [3.63, 3.8) is 0 Å². The van der Waals surface area contributed by atoms with Gasteiger partial charge in [0.1, 0.15) is 0 Å². The molecule has 0 atom stereocenters. The normalized spacial score (nSPS) is 11.1. The predicted molar refractivity (Wildman–Crippen MR) is 92.9 cm³/mol. The van der Waals surface area contributed by atoms with Crippen molar-refractivity contribution in [2.45, 2.75) is 45.1 Å². The zero-order valence-electron chi connectivity index (χ0n) is 13.3. The first kappa shape index (κ1) is 15.8. The number of nitrogens with one attached hydrogen (secondary N) is 1. The summed E-state index contributed by atoms with van der Waals surface area (Å²) >= 11 is 0. The van der Waals surface area contributed by atoms with E-state index in [1.807, 2.05) is 13.1 Å². The van der Waals surface area contributed by atoms with E-state index >= 15 is 0 Å².